The van der Waals surface area contributed by atoms with E-state index in [9.17, 15) is 0 Å². The predicted octanol–water partition coefficient (Wildman–Crippen LogP) is 4.53. The van der Waals surface area contributed by atoms with Crippen molar-refractivity contribution in [3.63, 3.8) is 0 Å². The summed E-state index contributed by atoms with van der Waals surface area (Å²) in [7, 11) is 0. The number of pyridine rings is 1. The molecule has 2 aromatic heterocycles. The first-order valence-corrected chi connectivity index (χ1v) is 8.55. The summed E-state index contributed by atoms with van der Waals surface area (Å²) >= 11 is 0. The van der Waals surface area contributed by atoms with E-state index in [4.69, 9.17) is 10.4 Å². The van der Waals surface area contributed by atoms with Crippen LogP contribution in [0.1, 0.15) is 32.8 Å². The van der Waals surface area contributed by atoms with Crippen LogP contribution >= 0.6 is 0 Å². The predicted molar refractivity (Wildman–Crippen MR) is 103 cm³/mol. The number of rotatable bonds is 6. The van der Waals surface area contributed by atoms with Gasteiger partial charge in [0, 0.05) is 17.3 Å². The molecule has 3 aromatic rings. The van der Waals surface area contributed by atoms with Gasteiger partial charge in [-0.3, -0.25) is 0 Å². The van der Waals surface area contributed by atoms with Crippen LogP contribution in [0.5, 0.6) is 0 Å². The highest BCUT2D eigenvalue weighted by molar-refractivity contribution is 6.02. The highest BCUT2D eigenvalue weighted by Crippen LogP contribution is 2.25. The first kappa shape index (κ1) is 16.9. The molecule has 0 aliphatic heterocycles. The maximum absolute atomic E-state index is 8.19. The molecule has 0 saturated heterocycles. The number of anilines is 1. The molecule has 2 heterocycles. The average molecular weight is 333 g/mol. The van der Waals surface area contributed by atoms with Gasteiger partial charge in [-0.1, -0.05) is 25.1 Å². The maximum atomic E-state index is 8.19. The third kappa shape index (κ3) is 3.60. The molecule has 2 N–H and O–H groups in total. The van der Waals surface area contributed by atoms with E-state index in [1.165, 1.54) is 0 Å². The van der Waals surface area contributed by atoms with Gasteiger partial charge in [-0.2, -0.15) is 5.10 Å². The summed E-state index contributed by atoms with van der Waals surface area (Å²) in [5.41, 5.74) is 4.18. The number of nitrogens with zero attached hydrogens (tertiary/aromatic N) is 3. The Labute approximate surface area is 148 Å². The van der Waals surface area contributed by atoms with Gasteiger partial charge in [-0.15, -0.1) is 0 Å². The van der Waals surface area contributed by atoms with Crippen molar-refractivity contribution < 1.29 is 0 Å². The van der Waals surface area contributed by atoms with Crippen LogP contribution in [-0.4, -0.2) is 26.5 Å². The second kappa shape index (κ2) is 7.30. The van der Waals surface area contributed by atoms with Crippen LogP contribution in [0, 0.1) is 5.41 Å². The van der Waals surface area contributed by atoms with Crippen LogP contribution in [0.4, 0.5) is 5.82 Å². The molecule has 0 fully saturated rings. The molecule has 128 valence electrons. The lowest BCUT2D eigenvalue weighted by atomic mass is 10.1. The summed E-state index contributed by atoms with van der Waals surface area (Å²) in [4.78, 5) is 4.80. The quantitative estimate of drug-likeness (QED) is 0.651. The summed E-state index contributed by atoms with van der Waals surface area (Å²) in [5, 5.41) is 16.0. The summed E-state index contributed by atoms with van der Waals surface area (Å²) in [5.74, 6) is 0.750. The Morgan fingerprint density at radius 1 is 1.12 bits per heavy atom. The number of benzene rings is 1. The maximum Gasteiger partial charge on any atom is 0.136 e. The lowest BCUT2D eigenvalue weighted by molar-refractivity contribution is 0.876. The molecular formula is C20H23N5. The second-order valence-corrected chi connectivity index (χ2v) is 6.19. The summed E-state index contributed by atoms with van der Waals surface area (Å²) in [6.45, 7) is 6.13. The Hall–Kier alpha value is -2.95. The number of para-hydroxylation sites is 1. The number of nitrogens with one attached hydrogen (secondary N) is 2. The van der Waals surface area contributed by atoms with Crippen molar-refractivity contribution in [2.75, 3.05) is 5.32 Å². The highest BCUT2D eigenvalue weighted by atomic mass is 15.3. The molecule has 0 aliphatic rings. The van der Waals surface area contributed by atoms with E-state index in [1.807, 2.05) is 60.1 Å². The Balaban J connectivity index is 2.07. The molecule has 0 aliphatic carbocycles. The van der Waals surface area contributed by atoms with Crippen molar-refractivity contribution in [2.24, 2.45) is 0 Å². The second-order valence-electron chi connectivity index (χ2n) is 6.19. The van der Waals surface area contributed by atoms with Crippen LogP contribution in [0.25, 0.3) is 17.1 Å². The molecule has 1 aromatic carbocycles. The zero-order chi connectivity index (χ0) is 17.8. The SMILES string of the molecule is CCC(=N)c1ccc(-c2ccnn2-c2ccccc2)nc1NC(C)C. The van der Waals surface area contributed by atoms with E-state index in [0.29, 0.717) is 12.1 Å². The van der Waals surface area contributed by atoms with E-state index in [-0.39, 0.29) is 6.04 Å². The zero-order valence-electron chi connectivity index (χ0n) is 14.8. The summed E-state index contributed by atoms with van der Waals surface area (Å²) < 4.78 is 1.88. The van der Waals surface area contributed by atoms with Gasteiger partial charge in [0.25, 0.3) is 0 Å². The van der Waals surface area contributed by atoms with Crippen molar-refractivity contribution in [2.45, 2.75) is 33.2 Å². The molecule has 5 nitrogen and oxygen atoms in total. The molecule has 0 saturated carbocycles. The van der Waals surface area contributed by atoms with Gasteiger partial charge in [0.2, 0.25) is 0 Å². The minimum Gasteiger partial charge on any atom is -0.367 e. The van der Waals surface area contributed by atoms with Gasteiger partial charge >= 0.3 is 0 Å². The number of aromatic nitrogens is 3. The standard InChI is InChI=1S/C20H23N5/c1-4-17(21)16-10-11-18(24-20(16)23-14(2)3)19-12-13-22-25(19)15-8-6-5-7-9-15/h5-14,21H,4H2,1-3H3,(H,23,24). The fraction of sp³-hybridized carbons (Fsp3) is 0.250. The Morgan fingerprint density at radius 2 is 1.88 bits per heavy atom. The minimum atomic E-state index is 0.241. The smallest absolute Gasteiger partial charge is 0.136 e. The molecule has 0 radical (unpaired) electrons. The van der Waals surface area contributed by atoms with Gasteiger partial charge in [0.15, 0.2) is 0 Å². The van der Waals surface area contributed by atoms with Crippen LogP contribution in [0.2, 0.25) is 0 Å². The van der Waals surface area contributed by atoms with E-state index in [0.717, 1.165) is 28.5 Å². The molecule has 5 heteroatoms. The molecule has 25 heavy (non-hydrogen) atoms. The summed E-state index contributed by atoms with van der Waals surface area (Å²) in [6.07, 6.45) is 2.46. The zero-order valence-corrected chi connectivity index (χ0v) is 14.8. The summed E-state index contributed by atoms with van der Waals surface area (Å²) in [6, 6.07) is 16.1. The molecule has 0 bridgehead atoms. The Morgan fingerprint density at radius 3 is 2.56 bits per heavy atom. The van der Waals surface area contributed by atoms with Crippen molar-refractivity contribution >= 4 is 11.5 Å². The van der Waals surface area contributed by atoms with Gasteiger partial charge in [-0.05, 0) is 50.6 Å². The third-order valence-electron chi connectivity index (χ3n) is 3.91. The molecule has 0 spiro atoms. The van der Waals surface area contributed by atoms with Crippen molar-refractivity contribution in [1.29, 1.82) is 5.41 Å². The van der Waals surface area contributed by atoms with Crippen molar-refractivity contribution in [3.05, 3.63) is 60.3 Å². The monoisotopic (exact) mass is 333 g/mol. The van der Waals surface area contributed by atoms with Gasteiger partial charge in [0.05, 0.1) is 23.3 Å². The van der Waals surface area contributed by atoms with Crippen molar-refractivity contribution in [1.82, 2.24) is 14.8 Å². The number of hydrogen-bond donors (Lipinski definition) is 2. The lowest BCUT2D eigenvalue weighted by Gasteiger charge is -2.16. The largest absolute Gasteiger partial charge is 0.367 e. The van der Waals surface area contributed by atoms with E-state index in [2.05, 4.69) is 24.3 Å². The fourth-order valence-electron chi connectivity index (χ4n) is 2.69. The molecule has 0 atom stereocenters. The molecule has 3 rings (SSSR count). The lowest BCUT2D eigenvalue weighted by Crippen LogP contribution is -2.15. The van der Waals surface area contributed by atoms with Gasteiger partial charge < -0.3 is 10.7 Å². The van der Waals surface area contributed by atoms with E-state index in [1.54, 1.807) is 6.20 Å². The van der Waals surface area contributed by atoms with Crippen LogP contribution < -0.4 is 5.32 Å². The van der Waals surface area contributed by atoms with E-state index >= 15 is 0 Å². The molecule has 0 unspecified atom stereocenters. The average Bonchev–Trinajstić information content (AvgIpc) is 3.11. The first-order chi connectivity index (χ1) is 12.1. The third-order valence-corrected chi connectivity index (χ3v) is 3.91. The van der Waals surface area contributed by atoms with Gasteiger partial charge in [-0.25, -0.2) is 9.67 Å². The van der Waals surface area contributed by atoms with Crippen LogP contribution in [0.3, 0.4) is 0 Å². The fourth-order valence-corrected chi connectivity index (χ4v) is 2.69. The van der Waals surface area contributed by atoms with Crippen molar-refractivity contribution in [3.8, 4) is 17.1 Å². The highest BCUT2D eigenvalue weighted by Gasteiger charge is 2.14. The topological polar surface area (TPSA) is 66.6 Å². The Kier molecular flexibility index (Phi) is 4.93. The van der Waals surface area contributed by atoms with Gasteiger partial charge in [0.1, 0.15) is 5.82 Å². The van der Waals surface area contributed by atoms with Crippen LogP contribution in [-0.2, 0) is 0 Å². The molecule has 0 amide bonds. The number of hydrogen-bond acceptors (Lipinski definition) is 4. The Bertz CT molecular complexity index is 865. The minimum absolute atomic E-state index is 0.241. The van der Waals surface area contributed by atoms with Crippen LogP contribution in [0.15, 0.2) is 54.7 Å². The van der Waals surface area contributed by atoms with E-state index < -0.39 is 0 Å². The normalized spacial score (nSPS) is 10.9. The molecular weight excluding hydrogens is 310 g/mol. The first-order valence-electron chi connectivity index (χ1n) is 8.55.